The number of aromatic nitrogens is 3. The molecule has 3 N–H and O–H groups in total. The number of rotatable bonds is 7. The van der Waals surface area contributed by atoms with Crippen molar-refractivity contribution >= 4 is 29.2 Å². The Labute approximate surface area is 162 Å². The zero-order valence-electron chi connectivity index (χ0n) is 15.6. The van der Waals surface area contributed by atoms with Gasteiger partial charge in [0.25, 0.3) is 0 Å². The van der Waals surface area contributed by atoms with E-state index in [1.165, 1.54) is 11.3 Å². The van der Waals surface area contributed by atoms with Crippen molar-refractivity contribution in [1.82, 2.24) is 20.5 Å². The van der Waals surface area contributed by atoms with Crippen LogP contribution in [0.3, 0.4) is 0 Å². The van der Waals surface area contributed by atoms with Crippen LogP contribution in [0.25, 0.3) is 0 Å². The van der Waals surface area contributed by atoms with Crippen LogP contribution in [-0.4, -0.2) is 39.8 Å². The number of aromatic amines is 1. The van der Waals surface area contributed by atoms with Gasteiger partial charge >= 0.3 is 6.09 Å². The topological polar surface area (TPSA) is 109 Å². The summed E-state index contributed by atoms with van der Waals surface area (Å²) in [7, 11) is 0. The number of nitrogens with one attached hydrogen (secondary N) is 3. The highest BCUT2D eigenvalue weighted by Gasteiger charge is 2.30. The van der Waals surface area contributed by atoms with E-state index >= 15 is 0 Å². The summed E-state index contributed by atoms with van der Waals surface area (Å²) >= 11 is 1.52. The molecule has 146 valence electrons. The second kappa shape index (κ2) is 8.98. The molecule has 0 spiro atoms. The minimum absolute atomic E-state index is 0.0808. The summed E-state index contributed by atoms with van der Waals surface area (Å²) in [5, 5.41) is 13.7. The minimum Gasteiger partial charge on any atom is -0.446 e. The fourth-order valence-corrected chi connectivity index (χ4v) is 3.99. The molecule has 0 unspecified atom stereocenters. The van der Waals surface area contributed by atoms with Gasteiger partial charge in [0.2, 0.25) is 5.91 Å². The lowest BCUT2D eigenvalue weighted by Gasteiger charge is -2.12. The molecule has 2 aromatic rings. The van der Waals surface area contributed by atoms with Crippen molar-refractivity contribution in [3.8, 4) is 0 Å². The number of thiazole rings is 1. The van der Waals surface area contributed by atoms with Crippen molar-refractivity contribution in [2.24, 2.45) is 0 Å². The molecule has 1 aliphatic rings. The first-order chi connectivity index (χ1) is 13.0. The summed E-state index contributed by atoms with van der Waals surface area (Å²) in [4.78, 5) is 28.9. The molecule has 9 heteroatoms. The first-order valence-corrected chi connectivity index (χ1v) is 10.1. The molecule has 27 heavy (non-hydrogen) atoms. The van der Waals surface area contributed by atoms with Crippen LogP contribution in [0.5, 0.6) is 0 Å². The Morgan fingerprint density at radius 1 is 1.41 bits per heavy atom. The van der Waals surface area contributed by atoms with Gasteiger partial charge < -0.3 is 15.4 Å². The van der Waals surface area contributed by atoms with Gasteiger partial charge in [0, 0.05) is 35.3 Å². The number of ether oxygens (including phenoxy) is 1. The average molecular weight is 391 g/mol. The van der Waals surface area contributed by atoms with E-state index < -0.39 is 0 Å². The smallest absolute Gasteiger partial charge is 0.407 e. The molecular formula is C18H25N5O3S. The zero-order valence-corrected chi connectivity index (χ0v) is 16.4. The average Bonchev–Trinajstić information content (AvgIpc) is 3.35. The van der Waals surface area contributed by atoms with Gasteiger partial charge in [-0.2, -0.15) is 5.10 Å². The normalized spacial score (nSPS) is 19.0. The van der Waals surface area contributed by atoms with E-state index in [4.69, 9.17) is 4.74 Å². The molecule has 1 fully saturated rings. The van der Waals surface area contributed by atoms with Crippen LogP contribution in [0.4, 0.5) is 10.6 Å². The van der Waals surface area contributed by atoms with Crippen LogP contribution in [0.1, 0.15) is 54.1 Å². The van der Waals surface area contributed by atoms with Crippen molar-refractivity contribution in [1.29, 1.82) is 0 Å². The first kappa shape index (κ1) is 19.3. The number of nitrogens with zero attached hydrogens (tertiary/aromatic N) is 2. The van der Waals surface area contributed by atoms with Gasteiger partial charge in [0.1, 0.15) is 6.10 Å². The molecular weight excluding hydrogens is 366 g/mol. The van der Waals surface area contributed by atoms with Gasteiger partial charge in [-0.25, -0.2) is 9.78 Å². The van der Waals surface area contributed by atoms with Gasteiger partial charge in [-0.05, 0) is 32.6 Å². The molecule has 1 aliphatic carbocycles. The summed E-state index contributed by atoms with van der Waals surface area (Å²) in [6.07, 6.45) is 4.98. The molecule has 0 radical (unpaired) electrons. The maximum atomic E-state index is 12.1. The fourth-order valence-electron chi connectivity index (χ4n) is 3.19. The Morgan fingerprint density at radius 2 is 2.26 bits per heavy atom. The Hall–Kier alpha value is -2.42. The van der Waals surface area contributed by atoms with E-state index in [1.54, 1.807) is 6.20 Å². The molecule has 2 aromatic heterocycles. The molecule has 3 rings (SSSR count). The lowest BCUT2D eigenvalue weighted by atomic mass is 10.0. The summed E-state index contributed by atoms with van der Waals surface area (Å²) in [6, 6.07) is 1.86. The number of alkyl carbamates (subject to hydrolysis) is 1. The van der Waals surface area contributed by atoms with Crippen LogP contribution in [0.15, 0.2) is 12.3 Å². The Balaban J connectivity index is 1.47. The van der Waals surface area contributed by atoms with Crippen LogP contribution in [0, 0.1) is 6.92 Å². The first-order valence-electron chi connectivity index (χ1n) is 9.24. The second-order valence-corrected chi connectivity index (χ2v) is 8.06. The van der Waals surface area contributed by atoms with Gasteiger partial charge in [-0.15, -0.1) is 11.3 Å². The Kier molecular flexibility index (Phi) is 6.44. The molecule has 0 bridgehead atoms. The van der Waals surface area contributed by atoms with E-state index in [-0.39, 0.29) is 24.0 Å². The summed E-state index contributed by atoms with van der Waals surface area (Å²) < 4.78 is 5.45. The minimum atomic E-state index is -0.349. The third kappa shape index (κ3) is 5.53. The van der Waals surface area contributed by atoms with E-state index in [1.807, 2.05) is 19.9 Å². The molecule has 2 heterocycles. The molecule has 0 aromatic carbocycles. The third-order valence-corrected chi connectivity index (χ3v) is 5.40. The third-order valence-electron chi connectivity index (χ3n) is 4.49. The summed E-state index contributed by atoms with van der Waals surface area (Å²) in [5.41, 5.74) is 0.957. The highest BCUT2D eigenvalue weighted by Crippen LogP contribution is 2.35. The molecule has 2 amide bonds. The standard InChI is InChI=1S/C18H25N5O3S/c1-3-6-19-18(25)26-13-5-4-12(7-13)15-9-16(23-22-15)21-17(24)8-14-10-20-11(2)27-14/h9-10,12-13H,3-8H2,1-2H3,(H,19,25)(H2,21,22,23,24)/t12-,13+/m1/s1. The van der Waals surface area contributed by atoms with Crippen molar-refractivity contribution in [2.75, 3.05) is 11.9 Å². The molecule has 0 aliphatic heterocycles. The molecule has 1 saturated carbocycles. The number of carbonyl (C=O) groups is 2. The van der Waals surface area contributed by atoms with Crippen LogP contribution in [-0.2, 0) is 16.0 Å². The lowest BCUT2D eigenvalue weighted by molar-refractivity contribution is -0.115. The SMILES string of the molecule is CCCNC(=O)O[C@H]1CC[C@@H](c2cc(NC(=O)Cc3cnc(C)s3)n[nH]2)C1. The number of amides is 2. The number of hydrogen-bond acceptors (Lipinski definition) is 6. The number of hydrogen-bond donors (Lipinski definition) is 3. The number of H-pyrrole nitrogens is 1. The van der Waals surface area contributed by atoms with Crippen molar-refractivity contribution in [3.63, 3.8) is 0 Å². The van der Waals surface area contributed by atoms with E-state index in [9.17, 15) is 9.59 Å². The second-order valence-electron chi connectivity index (χ2n) is 6.74. The van der Waals surface area contributed by atoms with Gasteiger partial charge in [0.05, 0.1) is 11.4 Å². The number of anilines is 1. The van der Waals surface area contributed by atoms with E-state index in [0.29, 0.717) is 18.8 Å². The largest absolute Gasteiger partial charge is 0.446 e. The highest BCUT2D eigenvalue weighted by atomic mass is 32.1. The number of aryl methyl sites for hydroxylation is 1. The lowest BCUT2D eigenvalue weighted by Crippen LogP contribution is -2.28. The fraction of sp³-hybridized carbons (Fsp3) is 0.556. The Bertz CT molecular complexity index is 788. The van der Waals surface area contributed by atoms with Crippen LogP contribution in [0.2, 0.25) is 0 Å². The monoisotopic (exact) mass is 391 g/mol. The van der Waals surface area contributed by atoms with Crippen LogP contribution < -0.4 is 10.6 Å². The van der Waals surface area contributed by atoms with Crippen LogP contribution >= 0.6 is 11.3 Å². The molecule has 2 atom stereocenters. The predicted molar refractivity (Wildman–Crippen MR) is 103 cm³/mol. The maximum absolute atomic E-state index is 12.1. The molecule has 0 saturated heterocycles. The van der Waals surface area contributed by atoms with E-state index in [2.05, 4.69) is 25.8 Å². The van der Waals surface area contributed by atoms with Gasteiger partial charge in [-0.1, -0.05) is 6.92 Å². The number of carbonyl (C=O) groups excluding carboxylic acids is 2. The van der Waals surface area contributed by atoms with Crippen molar-refractivity contribution in [3.05, 3.63) is 27.8 Å². The predicted octanol–water partition coefficient (Wildman–Crippen LogP) is 3.13. The molecule has 8 nitrogen and oxygen atoms in total. The van der Waals surface area contributed by atoms with Gasteiger partial charge in [-0.3, -0.25) is 9.89 Å². The van der Waals surface area contributed by atoms with Crippen molar-refractivity contribution in [2.45, 2.75) is 58.0 Å². The summed E-state index contributed by atoms with van der Waals surface area (Å²) in [6.45, 7) is 4.54. The quantitative estimate of drug-likeness (QED) is 0.672. The zero-order chi connectivity index (χ0) is 19.2. The summed E-state index contributed by atoms with van der Waals surface area (Å²) in [5.74, 6) is 0.648. The maximum Gasteiger partial charge on any atom is 0.407 e. The Morgan fingerprint density at radius 3 is 3.00 bits per heavy atom. The van der Waals surface area contributed by atoms with Crippen molar-refractivity contribution < 1.29 is 14.3 Å². The highest BCUT2D eigenvalue weighted by molar-refractivity contribution is 7.11. The van der Waals surface area contributed by atoms with E-state index in [0.717, 1.165) is 41.3 Å². The van der Waals surface area contributed by atoms with Gasteiger partial charge in [0.15, 0.2) is 5.82 Å².